The summed E-state index contributed by atoms with van der Waals surface area (Å²) in [6.45, 7) is 5.67. The van der Waals surface area contributed by atoms with Crippen molar-refractivity contribution >= 4 is 0 Å². The summed E-state index contributed by atoms with van der Waals surface area (Å²) in [7, 11) is -1.00. The number of hydrogen-bond donors (Lipinski definition) is 3. The van der Waals surface area contributed by atoms with E-state index in [1.54, 1.807) is 0 Å². The minimum atomic E-state index is -1.00. The lowest BCUT2D eigenvalue weighted by Gasteiger charge is -1.98. The molecule has 0 rings (SSSR count). The van der Waals surface area contributed by atoms with Crippen LogP contribution in [0.3, 0.4) is 0 Å². The molecule has 0 aromatic carbocycles. The molecule has 14 heavy (non-hydrogen) atoms. The van der Waals surface area contributed by atoms with Crippen LogP contribution in [0.15, 0.2) is 0 Å². The monoisotopic (exact) mass is 213 g/mol. The predicted molar refractivity (Wildman–Crippen MR) is 57.0 cm³/mol. The molecule has 0 aromatic rings. The van der Waals surface area contributed by atoms with Crippen molar-refractivity contribution in [1.82, 2.24) is 0 Å². The summed E-state index contributed by atoms with van der Waals surface area (Å²) in [5, 5.41) is 25.2. The zero-order valence-corrected chi connectivity index (χ0v) is 9.41. The Morgan fingerprint density at radius 2 is 1.36 bits per heavy atom. The standard InChI is InChI=1S/C5H12O.C4H10O2.CH3F/c1-3-5(6)4-2;1-2-4(6)3-5;1-2/h5-6H,3-4H2,1-2H3;4-6H,2-3H2,1H3;1H3/i;;1D. The third-order valence-corrected chi connectivity index (χ3v) is 1.62. The second-order valence-corrected chi connectivity index (χ2v) is 2.71. The van der Waals surface area contributed by atoms with Crippen molar-refractivity contribution in [3.8, 4) is 0 Å². The molecule has 0 fully saturated rings. The van der Waals surface area contributed by atoms with Crippen LogP contribution in [0.4, 0.5) is 4.39 Å². The minimum Gasteiger partial charge on any atom is -0.394 e. The Labute approximate surface area is 88.0 Å². The number of hydrogen-bond acceptors (Lipinski definition) is 3. The first-order valence-electron chi connectivity index (χ1n) is 5.56. The minimum absolute atomic E-state index is 0.0648. The fraction of sp³-hybridized carbons (Fsp3) is 1.00. The molecule has 0 bridgehead atoms. The molecule has 3 N–H and O–H groups in total. The molecule has 0 aliphatic heterocycles. The van der Waals surface area contributed by atoms with E-state index in [0.29, 0.717) is 6.42 Å². The maximum Gasteiger partial charge on any atom is 0.0785 e. The maximum atomic E-state index is 9.96. The van der Waals surface area contributed by atoms with E-state index < -0.39 is 13.3 Å². The van der Waals surface area contributed by atoms with Gasteiger partial charge in [0.25, 0.3) is 0 Å². The molecule has 90 valence electrons. The molecule has 0 aromatic heterocycles. The van der Waals surface area contributed by atoms with Gasteiger partial charge in [-0.1, -0.05) is 20.8 Å². The molecule has 0 aliphatic carbocycles. The van der Waals surface area contributed by atoms with Crippen molar-refractivity contribution in [2.45, 2.75) is 52.2 Å². The summed E-state index contributed by atoms with van der Waals surface area (Å²) in [5.74, 6) is 0. The Hall–Kier alpha value is -0.190. The van der Waals surface area contributed by atoms with Crippen molar-refractivity contribution in [2.75, 3.05) is 13.8 Å². The molecule has 0 saturated carbocycles. The van der Waals surface area contributed by atoms with E-state index in [1.807, 2.05) is 20.8 Å². The van der Waals surface area contributed by atoms with Crippen LogP contribution >= 0.6 is 0 Å². The predicted octanol–water partition coefficient (Wildman–Crippen LogP) is 1.50. The summed E-state index contributed by atoms with van der Waals surface area (Å²) < 4.78 is 15.5. The van der Waals surface area contributed by atoms with Crippen molar-refractivity contribution in [1.29, 1.82) is 0 Å². The topological polar surface area (TPSA) is 60.7 Å². The van der Waals surface area contributed by atoms with Gasteiger partial charge >= 0.3 is 0 Å². The quantitative estimate of drug-likeness (QED) is 0.663. The Kier molecular flexibility index (Phi) is 21.5. The average Bonchev–Trinajstić information content (AvgIpc) is 2.28. The molecule has 0 spiro atoms. The first-order chi connectivity index (χ1) is 7.03. The van der Waals surface area contributed by atoms with Crippen LogP contribution in [0.2, 0.25) is 0 Å². The molecular weight excluding hydrogens is 187 g/mol. The van der Waals surface area contributed by atoms with E-state index in [2.05, 4.69) is 0 Å². The summed E-state index contributed by atoms with van der Waals surface area (Å²) in [4.78, 5) is 0. The third kappa shape index (κ3) is 22.6. The van der Waals surface area contributed by atoms with E-state index in [0.717, 1.165) is 12.8 Å². The second-order valence-electron chi connectivity index (χ2n) is 2.71. The largest absolute Gasteiger partial charge is 0.394 e. The zero-order valence-electron chi connectivity index (χ0n) is 10.4. The molecule has 3 nitrogen and oxygen atoms in total. The fourth-order valence-electron chi connectivity index (χ4n) is 0.418. The van der Waals surface area contributed by atoms with Gasteiger partial charge in [-0.2, -0.15) is 0 Å². The van der Waals surface area contributed by atoms with Gasteiger partial charge in [0.1, 0.15) is 0 Å². The van der Waals surface area contributed by atoms with Gasteiger partial charge < -0.3 is 15.3 Å². The molecule has 0 heterocycles. The SMILES string of the molecule is CCC(O)CC.CCC(O)CO.[2H]CF. The molecule has 0 radical (unpaired) electrons. The molecular formula is C10H25FO3. The first-order valence-corrected chi connectivity index (χ1v) is 4.85. The van der Waals surface area contributed by atoms with Gasteiger partial charge in [0.15, 0.2) is 0 Å². The van der Waals surface area contributed by atoms with Gasteiger partial charge in [-0.15, -0.1) is 0 Å². The van der Waals surface area contributed by atoms with Crippen molar-refractivity contribution in [2.24, 2.45) is 0 Å². The molecule has 0 amide bonds. The van der Waals surface area contributed by atoms with Gasteiger partial charge in [-0.25, -0.2) is 0 Å². The second kappa shape index (κ2) is 18.6. The molecule has 0 aliphatic rings. The lowest BCUT2D eigenvalue weighted by atomic mass is 10.2. The lowest BCUT2D eigenvalue weighted by molar-refractivity contribution is 0.0923. The normalized spacial score (nSPS) is 11.9. The Balaban J connectivity index is -0.000000153. The number of aliphatic hydroxyl groups excluding tert-OH is 3. The van der Waals surface area contributed by atoms with Crippen molar-refractivity contribution < 1.29 is 21.1 Å². The van der Waals surface area contributed by atoms with Crippen LogP contribution in [0.5, 0.6) is 0 Å². The molecule has 1 atom stereocenters. The molecule has 4 heteroatoms. The smallest absolute Gasteiger partial charge is 0.0785 e. The highest BCUT2D eigenvalue weighted by Crippen LogP contribution is 1.92. The van der Waals surface area contributed by atoms with E-state index in [1.165, 1.54) is 0 Å². The van der Waals surface area contributed by atoms with Crippen LogP contribution in [0.1, 0.15) is 41.4 Å². The highest BCUT2D eigenvalue weighted by Gasteiger charge is 1.92. The first kappa shape index (κ1) is 16.2. The number of alkyl halides is 1. The Morgan fingerprint density at radius 1 is 1.07 bits per heavy atom. The van der Waals surface area contributed by atoms with Crippen LogP contribution < -0.4 is 0 Å². The Morgan fingerprint density at radius 3 is 1.36 bits per heavy atom. The number of aliphatic hydroxyl groups is 3. The average molecular weight is 213 g/mol. The third-order valence-electron chi connectivity index (χ3n) is 1.62. The van der Waals surface area contributed by atoms with Crippen molar-refractivity contribution in [3.05, 3.63) is 0 Å². The van der Waals surface area contributed by atoms with Crippen LogP contribution in [0.25, 0.3) is 0 Å². The van der Waals surface area contributed by atoms with Crippen LogP contribution in [-0.4, -0.2) is 41.3 Å². The van der Waals surface area contributed by atoms with E-state index >= 15 is 0 Å². The number of halogens is 1. The van der Waals surface area contributed by atoms with Crippen LogP contribution in [-0.2, 0) is 0 Å². The van der Waals surface area contributed by atoms with Crippen LogP contribution in [0, 0.1) is 0 Å². The van der Waals surface area contributed by atoms with E-state index in [-0.39, 0.29) is 12.7 Å². The highest BCUT2D eigenvalue weighted by molar-refractivity contribution is 4.44. The van der Waals surface area contributed by atoms with E-state index in [4.69, 9.17) is 16.7 Å². The van der Waals surface area contributed by atoms with Crippen molar-refractivity contribution in [3.63, 3.8) is 0 Å². The fourth-order valence-corrected chi connectivity index (χ4v) is 0.418. The van der Waals surface area contributed by atoms with E-state index in [9.17, 15) is 4.39 Å². The summed E-state index contributed by atoms with van der Waals surface area (Å²) in [6.07, 6.45) is 1.83. The maximum absolute atomic E-state index is 9.96. The van der Waals surface area contributed by atoms with Gasteiger partial charge in [-0.3, -0.25) is 4.39 Å². The zero-order chi connectivity index (χ0) is 12.7. The molecule has 1 unspecified atom stereocenters. The molecule has 0 saturated heterocycles. The summed E-state index contributed by atoms with van der Waals surface area (Å²) in [5.41, 5.74) is 0. The van der Waals surface area contributed by atoms with Gasteiger partial charge in [-0.05, 0) is 19.3 Å². The summed E-state index contributed by atoms with van der Waals surface area (Å²) >= 11 is 0. The highest BCUT2D eigenvalue weighted by atomic mass is 19.1. The summed E-state index contributed by atoms with van der Waals surface area (Å²) in [6, 6.07) is 0. The van der Waals surface area contributed by atoms with Gasteiger partial charge in [0.05, 0.1) is 27.3 Å². The van der Waals surface area contributed by atoms with Gasteiger partial charge in [0.2, 0.25) is 0 Å². The number of rotatable bonds is 4. The lowest BCUT2D eigenvalue weighted by Crippen LogP contribution is -2.08. The Bertz CT molecular complexity index is 78.7. The van der Waals surface area contributed by atoms with Gasteiger partial charge in [0, 0.05) is 0 Å².